The van der Waals surface area contributed by atoms with Crippen LogP contribution in [0.2, 0.25) is 0 Å². The highest BCUT2D eigenvalue weighted by Gasteiger charge is 2.32. The molecule has 0 spiro atoms. The van der Waals surface area contributed by atoms with Crippen LogP contribution in [0.3, 0.4) is 0 Å². The fourth-order valence-corrected chi connectivity index (χ4v) is 5.29. The van der Waals surface area contributed by atoms with Crippen molar-refractivity contribution >= 4 is 21.6 Å². The predicted octanol–water partition coefficient (Wildman–Crippen LogP) is 3.59. The molecule has 0 atom stereocenters. The van der Waals surface area contributed by atoms with Crippen LogP contribution in [-0.2, 0) is 14.8 Å². The third-order valence-corrected chi connectivity index (χ3v) is 7.88. The van der Waals surface area contributed by atoms with Gasteiger partial charge in [0.15, 0.2) is 0 Å². The van der Waals surface area contributed by atoms with E-state index in [1.165, 1.54) is 16.4 Å². The molecule has 0 radical (unpaired) electrons. The van der Waals surface area contributed by atoms with Crippen LogP contribution in [-0.4, -0.2) is 62.9 Å². The molecule has 0 aromatic heterocycles. The lowest BCUT2D eigenvalue weighted by molar-refractivity contribution is -0.120. The fourth-order valence-electron chi connectivity index (χ4n) is 3.83. The minimum absolute atomic E-state index is 0.0613. The Kier molecular flexibility index (Phi) is 8.82. The van der Waals surface area contributed by atoms with Gasteiger partial charge in [0, 0.05) is 31.2 Å². The summed E-state index contributed by atoms with van der Waals surface area (Å²) in [6, 6.07) is 12.1. The van der Waals surface area contributed by atoms with E-state index in [1.807, 2.05) is 12.1 Å². The van der Waals surface area contributed by atoms with Gasteiger partial charge in [-0.3, -0.25) is 4.79 Å². The molecule has 1 N–H and O–H groups in total. The van der Waals surface area contributed by atoms with E-state index in [0.717, 1.165) is 37.5 Å². The molecule has 1 aliphatic rings. The zero-order valence-corrected chi connectivity index (χ0v) is 20.0. The zero-order chi connectivity index (χ0) is 23.8. The number of nitrogens with zero attached hydrogens (tertiary/aromatic N) is 2. The first-order chi connectivity index (χ1) is 15.8. The second-order valence-electron chi connectivity index (χ2n) is 8.02. The number of nitrogens with one attached hydrogen (secondary N) is 1. The van der Waals surface area contributed by atoms with Crippen LogP contribution in [0, 0.1) is 11.7 Å². The maximum Gasteiger partial charge on any atom is 0.243 e. The number of hydrogen-bond acceptors (Lipinski definition) is 5. The highest BCUT2D eigenvalue weighted by atomic mass is 32.2. The monoisotopic (exact) mass is 477 g/mol. The first-order valence-corrected chi connectivity index (χ1v) is 12.8. The Labute approximate surface area is 195 Å². The summed E-state index contributed by atoms with van der Waals surface area (Å²) in [4.78, 5) is 15.0. The normalized spacial score (nSPS) is 15.5. The average molecular weight is 478 g/mol. The summed E-state index contributed by atoms with van der Waals surface area (Å²) < 4.78 is 45.7. The van der Waals surface area contributed by atoms with E-state index in [-0.39, 0.29) is 29.8 Å². The van der Waals surface area contributed by atoms with Crippen LogP contribution in [0.5, 0.6) is 5.75 Å². The van der Waals surface area contributed by atoms with Gasteiger partial charge in [-0.15, -0.1) is 0 Å². The third-order valence-electron chi connectivity index (χ3n) is 5.97. The van der Waals surface area contributed by atoms with E-state index in [1.54, 1.807) is 12.1 Å². The minimum Gasteiger partial charge on any atom is -0.492 e. The van der Waals surface area contributed by atoms with Crippen LogP contribution in [0.4, 0.5) is 10.1 Å². The number of ether oxygens (including phenoxy) is 1. The molecular formula is C24H32FN3O4S. The Morgan fingerprint density at radius 2 is 1.67 bits per heavy atom. The van der Waals surface area contributed by atoms with Gasteiger partial charge in [-0.2, -0.15) is 4.31 Å². The van der Waals surface area contributed by atoms with Crippen LogP contribution >= 0.6 is 0 Å². The maximum absolute atomic E-state index is 13.1. The minimum atomic E-state index is -3.69. The van der Waals surface area contributed by atoms with Crippen molar-refractivity contribution in [2.24, 2.45) is 5.92 Å². The number of likely N-dealkylation sites (N-methyl/N-ethyl adjacent to an activating group) is 1. The number of benzene rings is 2. The third kappa shape index (κ3) is 6.75. The van der Waals surface area contributed by atoms with Crippen molar-refractivity contribution in [3.8, 4) is 5.75 Å². The Balaban J connectivity index is 1.47. The van der Waals surface area contributed by atoms with Crippen LogP contribution in [0.25, 0.3) is 0 Å². The number of hydrogen-bond donors (Lipinski definition) is 1. The van der Waals surface area contributed by atoms with Gasteiger partial charge in [-0.05, 0) is 74.5 Å². The summed E-state index contributed by atoms with van der Waals surface area (Å²) in [5, 5.41) is 2.91. The zero-order valence-electron chi connectivity index (χ0n) is 19.2. The van der Waals surface area contributed by atoms with Gasteiger partial charge in [-0.1, -0.05) is 13.8 Å². The first kappa shape index (κ1) is 25.1. The van der Waals surface area contributed by atoms with Gasteiger partial charge in [0.2, 0.25) is 15.9 Å². The summed E-state index contributed by atoms with van der Waals surface area (Å²) in [6.07, 6.45) is 0.859. The number of sulfonamides is 1. The fraction of sp³-hybridized carbons (Fsp3) is 0.458. The summed E-state index contributed by atoms with van der Waals surface area (Å²) in [5.74, 6) is -0.123. The van der Waals surface area contributed by atoms with E-state index in [0.29, 0.717) is 25.1 Å². The second-order valence-corrected chi connectivity index (χ2v) is 9.96. The lowest BCUT2D eigenvalue weighted by Crippen LogP contribution is -2.41. The Morgan fingerprint density at radius 3 is 2.24 bits per heavy atom. The number of amides is 1. The largest absolute Gasteiger partial charge is 0.492 e. The summed E-state index contributed by atoms with van der Waals surface area (Å²) in [5.41, 5.74) is 0.678. The molecule has 0 saturated carbocycles. The molecule has 3 rings (SSSR count). The molecule has 1 amide bonds. The first-order valence-electron chi connectivity index (χ1n) is 11.3. The van der Waals surface area contributed by atoms with Crippen molar-refractivity contribution in [1.29, 1.82) is 0 Å². The summed E-state index contributed by atoms with van der Waals surface area (Å²) >= 11 is 0. The number of halogens is 1. The van der Waals surface area contributed by atoms with Crippen molar-refractivity contribution in [2.75, 3.05) is 44.6 Å². The van der Waals surface area contributed by atoms with Crippen LogP contribution < -0.4 is 10.1 Å². The van der Waals surface area contributed by atoms with Gasteiger partial charge in [-0.25, -0.2) is 12.8 Å². The van der Waals surface area contributed by atoms with Crippen molar-refractivity contribution in [3.63, 3.8) is 0 Å². The quantitative estimate of drug-likeness (QED) is 0.566. The molecule has 1 saturated heterocycles. The Hall–Kier alpha value is -2.49. The molecule has 33 heavy (non-hydrogen) atoms. The summed E-state index contributed by atoms with van der Waals surface area (Å²) in [7, 11) is -3.69. The van der Waals surface area contributed by atoms with Crippen LogP contribution in [0.15, 0.2) is 53.4 Å². The summed E-state index contributed by atoms with van der Waals surface area (Å²) in [6.45, 7) is 8.18. The van der Waals surface area contributed by atoms with Crippen molar-refractivity contribution < 1.29 is 22.3 Å². The van der Waals surface area contributed by atoms with E-state index >= 15 is 0 Å². The topological polar surface area (TPSA) is 79.0 Å². The number of rotatable bonds is 10. The van der Waals surface area contributed by atoms with Gasteiger partial charge in [0.25, 0.3) is 0 Å². The number of piperidine rings is 1. The molecule has 1 heterocycles. The second kappa shape index (κ2) is 11.6. The Bertz CT molecular complexity index is 1000. The molecule has 1 aliphatic heterocycles. The molecule has 9 heteroatoms. The van der Waals surface area contributed by atoms with Gasteiger partial charge < -0.3 is 15.0 Å². The molecule has 1 fully saturated rings. The molecule has 2 aromatic carbocycles. The predicted molar refractivity (Wildman–Crippen MR) is 126 cm³/mol. The van der Waals surface area contributed by atoms with Crippen molar-refractivity contribution in [2.45, 2.75) is 31.6 Å². The van der Waals surface area contributed by atoms with Gasteiger partial charge in [0.1, 0.15) is 18.2 Å². The van der Waals surface area contributed by atoms with Crippen molar-refractivity contribution in [3.05, 3.63) is 54.3 Å². The lowest BCUT2D eigenvalue weighted by atomic mass is 9.97. The van der Waals surface area contributed by atoms with E-state index in [2.05, 4.69) is 24.1 Å². The van der Waals surface area contributed by atoms with E-state index < -0.39 is 15.8 Å². The molecule has 7 nitrogen and oxygen atoms in total. The van der Waals surface area contributed by atoms with Gasteiger partial charge in [0.05, 0.1) is 4.90 Å². The van der Waals surface area contributed by atoms with E-state index in [4.69, 9.17) is 4.74 Å². The van der Waals surface area contributed by atoms with Crippen LogP contribution in [0.1, 0.15) is 26.7 Å². The number of carbonyl (C=O) groups is 1. The smallest absolute Gasteiger partial charge is 0.243 e. The standard InChI is InChI=1S/C24H32FN3O4S/c1-3-27(4-2)17-18-32-22-9-7-21(8-10-22)26-24(29)19-13-15-28(16-14-19)33(30,31)23-11-5-20(25)6-12-23/h5-12,19H,3-4,13-18H2,1-2H3,(H,26,29). The molecule has 0 unspecified atom stereocenters. The molecule has 180 valence electrons. The molecular weight excluding hydrogens is 445 g/mol. The molecule has 0 aliphatic carbocycles. The number of carbonyl (C=O) groups excluding carboxylic acids is 1. The Morgan fingerprint density at radius 1 is 1.06 bits per heavy atom. The lowest BCUT2D eigenvalue weighted by Gasteiger charge is -2.30. The average Bonchev–Trinajstić information content (AvgIpc) is 2.83. The maximum atomic E-state index is 13.1. The highest BCUT2D eigenvalue weighted by Crippen LogP contribution is 2.25. The van der Waals surface area contributed by atoms with Crippen molar-refractivity contribution in [1.82, 2.24) is 9.21 Å². The molecule has 2 aromatic rings. The molecule has 0 bridgehead atoms. The number of anilines is 1. The van der Waals surface area contributed by atoms with Gasteiger partial charge >= 0.3 is 0 Å². The van der Waals surface area contributed by atoms with E-state index in [9.17, 15) is 17.6 Å². The SMILES string of the molecule is CCN(CC)CCOc1ccc(NC(=O)C2CCN(S(=O)(=O)c3ccc(F)cc3)CC2)cc1. The highest BCUT2D eigenvalue weighted by molar-refractivity contribution is 7.89.